The van der Waals surface area contributed by atoms with Crippen LogP contribution in [0.5, 0.6) is 0 Å². The molecule has 5 nitrogen and oxygen atoms in total. The quantitative estimate of drug-likeness (QED) is 0.219. The summed E-state index contributed by atoms with van der Waals surface area (Å²) in [4.78, 5) is 4.74. The molecule has 0 aliphatic rings. The molecule has 1 aromatic rings. The Bertz CT molecular complexity index is 481. The van der Waals surface area contributed by atoms with Crippen molar-refractivity contribution in [2.75, 3.05) is 0 Å². The van der Waals surface area contributed by atoms with Crippen molar-refractivity contribution in [2.24, 2.45) is 0 Å². The molecule has 0 radical (unpaired) electrons. The highest BCUT2D eigenvalue weighted by Gasteiger charge is 2.14. The lowest BCUT2D eigenvalue weighted by atomic mass is 10.2. The fourth-order valence-corrected chi connectivity index (χ4v) is 2.29. The number of rotatable bonds is 5. The minimum absolute atomic E-state index is 0.153. The lowest BCUT2D eigenvalue weighted by Crippen LogP contribution is -2.00. The van der Waals surface area contributed by atoms with Crippen LogP contribution >= 0.6 is 12.0 Å². The van der Waals surface area contributed by atoms with Gasteiger partial charge in [0.1, 0.15) is 6.26 Å². The van der Waals surface area contributed by atoms with Crippen LogP contribution in [0.4, 0.5) is 0 Å². The smallest absolute Gasteiger partial charge is 0.294 e. The van der Waals surface area contributed by atoms with Gasteiger partial charge >= 0.3 is 0 Å². The van der Waals surface area contributed by atoms with E-state index < -0.39 is 10.1 Å². The van der Waals surface area contributed by atoms with Gasteiger partial charge in [-0.25, -0.2) is 0 Å². The number of hydrogen-bond acceptors (Lipinski definition) is 5. The largest absolute Gasteiger partial charge is 0.334 e. The topological polar surface area (TPSA) is 72.8 Å². The second kappa shape index (κ2) is 5.35. The minimum Gasteiger partial charge on any atom is -0.334 e. The summed E-state index contributed by atoms with van der Waals surface area (Å²) in [5.41, 5.74) is 0.455. The molecule has 0 saturated heterocycles. The second-order valence-electron chi connectivity index (χ2n) is 2.82. The van der Waals surface area contributed by atoms with E-state index in [-0.39, 0.29) is 4.90 Å². The van der Waals surface area contributed by atoms with E-state index in [1.807, 2.05) is 0 Å². The molecular formula is C9H10O5S2. The summed E-state index contributed by atoms with van der Waals surface area (Å²) in [5.74, 6) is 0. The van der Waals surface area contributed by atoms with Crippen LogP contribution in [-0.2, 0) is 19.3 Å². The first-order valence-electron chi connectivity index (χ1n) is 4.14. The molecule has 0 saturated carbocycles. The molecule has 1 N–H and O–H groups in total. The summed E-state index contributed by atoms with van der Waals surface area (Å²) in [6.45, 7) is 4.85. The van der Waals surface area contributed by atoms with Gasteiger partial charge in [0.05, 0.1) is 16.9 Å². The van der Waals surface area contributed by atoms with Crippen LogP contribution < -0.4 is 0 Å². The van der Waals surface area contributed by atoms with Gasteiger partial charge in [0.2, 0.25) is 0 Å². The van der Waals surface area contributed by atoms with E-state index in [1.54, 1.807) is 19.1 Å². The molecule has 0 aromatic heterocycles. The SMILES string of the molecule is C=COOSc1ccc(C)c(S(=O)(=O)O)c1. The summed E-state index contributed by atoms with van der Waals surface area (Å²) >= 11 is 0.815. The molecule has 0 fully saturated rings. The third kappa shape index (κ3) is 3.53. The average Bonchev–Trinajstić information content (AvgIpc) is 2.19. The molecule has 0 unspecified atom stereocenters. The summed E-state index contributed by atoms with van der Waals surface area (Å²) in [6.07, 6.45) is 1.09. The van der Waals surface area contributed by atoms with Crippen molar-refractivity contribution < 1.29 is 22.2 Å². The van der Waals surface area contributed by atoms with Crippen LogP contribution in [0, 0.1) is 6.92 Å². The highest BCUT2D eigenvalue weighted by atomic mass is 32.2. The van der Waals surface area contributed by atoms with Crippen LogP contribution in [0.3, 0.4) is 0 Å². The summed E-state index contributed by atoms with van der Waals surface area (Å²) < 4.78 is 35.5. The van der Waals surface area contributed by atoms with E-state index in [9.17, 15) is 8.42 Å². The van der Waals surface area contributed by atoms with Crippen molar-refractivity contribution in [1.82, 2.24) is 0 Å². The van der Waals surface area contributed by atoms with Crippen molar-refractivity contribution in [1.29, 1.82) is 0 Å². The Kier molecular flexibility index (Phi) is 4.36. The van der Waals surface area contributed by atoms with E-state index >= 15 is 0 Å². The Hall–Kier alpha value is -1.02. The van der Waals surface area contributed by atoms with Gasteiger partial charge in [-0.15, -0.1) is 4.33 Å². The molecule has 0 heterocycles. The second-order valence-corrected chi connectivity index (χ2v) is 4.98. The molecule has 0 atom stereocenters. The van der Waals surface area contributed by atoms with Gasteiger partial charge < -0.3 is 4.89 Å². The highest BCUT2D eigenvalue weighted by Crippen LogP contribution is 2.25. The van der Waals surface area contributed by atoms with E-state index in [0.717, 1.165) is 18.3 Å². The maximum atomic E-state index is 11.0. The molecule has 0 aliphatic heterocycles. The van der Waals surface area contributed by atoms with Gasteiger partial charge in [-0.1, -0.05) is 12.6 Å². The molecule has 0 amide bonds. The predicted octanol–water partition coefficient (Wildman–Crippen LogP) is 2.34. The Labute approximate surface area is 98.0 Å². The molecule has 1 rings (SSSR count). The molecule has 0 spiro atoms. The van der Waals surface area contributed by atoms with Crippen LogP contribution in [0.15, 0.2) is 40.8 Å². The molecule has 1 aromatic carbocycles. The van der Waals surface area contributed by atoms with Gasteiger partial charge in [0.15, 0.2) is 0 Å². The van der Waals surface area contributed by atoms with Crippen molar-refractivity contribution in [3.05, 3.63) is 36.6 Å². The Balaban J connectivity index is 2.94. The zero-order valence-electron chi connectivity index (χ0n) is 8.41. The fraction of sp³-hybridized carbons (Fsp3) is 0.111. The Morgan fingerprint density at radius 1 is 1.50 bits per heavy atom. The van der Waals surface area contributed by atoms with Crippen molar-refractivity contribution >= 4 is 22.2 Å². The Morgan fingerprint density at radius 2 is 2.19 bits per heavy atom. The van der Waals surface area contributed by atoms with Gasteiger partial charge in [-0.2, -0.15) is 8.42 Å². The van der Waals surface area contributed by atoms with Crippen molar-refractivity contribution in [3.8, 4) is 0 Å². The average molecular weight is 262 g/mol. The number of aryl methyl sites for hydroxylation is 1. The molecule has 7 heteroatoms. The summed E-state index contributed by atoms with van der Waals surface area (Å²) in [5, 5.41) is 0. The van der Waals surface area contributed by atoms with Crippen LogP contribution in [0.1, 0.15) is 5.56 Å². The molecule has 0 bridgehead atoms. The third-order valence-corrected chi connectivity index (χ3v) is 3.26. The predicted molar refractivity (Wildman–Crippen MR) is 59.2 cm³/mol. The monoisotopic (exact) mass is 262 g/mol. The van der Waals surface area contributed by atoms with Crippen LogP contribution in [0.2, 0.25) is 0 Å². The first-order chi connectivity index (χ1) is 7.45. The molecule has 0 aliphatic carbocycles. The first kappa shape index (κ1) is 13.0. The van der Waals surface area contributed by atoms with Gasteiger partial charge in [-0.05, 0) is 24.6 Å². The van der Waals surface area contributed by atoms with Gasteiger partial charge in [0, 0.05) is 4.90 Å². The van der Waals surface area contributed by atoms with Crippen LogP contribution in [0.25, 0.3) is 0 Å². The number of benzene rings is 1. The van der Waals surface area contributed by atoms with E-state index in [1.165, 1.54) is 6.07 Å². The van der Waals surface area contributed by atoms with E-state index in [4.69, 9.17) is 4.55 Å². The minimum atomic E-state index is -4.22. The highest BCUT2D eigenvalue weighted by molar-refractivity contribution is 7.94. The normalized spacial score (nSPS) is 11.1. The molecular weight excluding hydrogens is 252 g/mol. The summed E-state index contributed by atoms with van der Waals surface area (Å²) in [6, 6.07) is 4.49. The Morgan fingerprint density at radius 3 is 2.75 bits per heavy atom. The lowest BCUT2D eigenvalue weighted by molar-refractivity contribution is -0.129. The zero-order valence-corrected chi connectivity index (χ0v) is 10.0. The standard InChI is InChI=1S/C9H10O5S2/c1-3-13-14-15-8-5-4-7(2)9(6-8)16(10,11)12/h3-6H,1H2,2H3,(H,10,11,12). The van der Waals surface area contributed by atoms with E-state index in [2.05, 4.69) is 15.8 Å². The third-order valence-electron chi connectivity index (χ3n) is 1.68. The van der Waals surface area contributed by atoms with Gasteiger partial charge in [-0.3, -0.25) is 4.55 Å². The lowest BCUT2D eigenvalue weighted by Gasteiger charge is -2.04. The van der Waals surface area contributed by atoms with Gasteiger partial charge in [0.25, 0.3) is 10.1 Å². The fourth-order valence-electron chi connectivity index (χ4n) is 0.997. The van der Waals surface area contributed by atoms with Crippen molar-refractivity contribution in [3.63, 3.8) is 0 Å². The van der Waals surface area contributed by atoms with Crippen molar-refractivity contribution in [2.45, 2.75) is 16.7 Å². The number of hydrogen-bond donors (Lipinski definition) is 1. The molecule has 16 heavy (non-hydrogen) atoms. The summed E-state index contributed by atoms with van der Waals surface area (Å²) in [7, 11) is -4.22. The maximum absolute atomic E-state index is 11.0. The zero-order chi connectivity index (χ0) is 12.2. The van der Waals surface area contributed by atoms with Crippen LogP contribution in [-0.4, -0.2) is 13.0 Å². The first-order valence-corrected chi connectivity index (χ1v) is 6.32. The maximum Gasteiger partial charge on any atom is 0.294 e. The van der Waals surface area contributed by atoms with E-state index in [0.29, 0.717) is 10.5 Å². The molecule has 88 valence electrons.